The zero-order chi connectivity index (χ0) is 23.9. The molecule has 2 N–H and O–H groups in total. The van der Waals surface area contributed by atoms with Crippen LogP contribution in [0.25, 0.3) is 0 Å². The van der Waals surface area contributed by atoms with E-state index in [1.807, 2.05) is 18.2 Å². The first-order chi connectivity index (χ1) is 16.6. The molecule has 0 unspecified atom stereocenters. The Hall–Kier alpha value is -2.67. The van der Waals surface area contributed by atoms with Crippen molar-refractivity contribution in [3.8, 4) is 0 Å². The maximum absolute atomic E-state index is 12.6. The second-order valence-corrected chi connectivity index (χ2v) is 9.59. The van der Waals surface area contributed by atoms with Gasteiger partial charge in [0.05, 0.1) is 18.1 Å². The van der Waals surface area contributed by atoms with Crippen molar-refractivity contribution in [2.45, 2.75) is 89.3 Å². The first-order valence-corrected chi connectivity index (χ1v) is 12.7. The lowest BCUT2D eigenvalue weighted by Gasteiger charge is -2.26. The van der Waals surface area contributed by atoms with Gasteiger partial charge in [0.15, 0.2) is 5.69 Å². The monoisotopic (exact) mass is 468 g/mol. The van der Waals surface area contributed by atoms with Crippen LogP contribution < -0.4 is 5.32 Å². The summed E-state index contributed by atoms with van der Waals surface area (Å²) in [5, 5.41) is 12.1. The number of nitrogens with one attached hydrogen (secondary N) is 1. The second kappa shape index (κ2) is 11.6. The first-order valence-electron chi connectivity index (χ1n) is 12.7. The Morgan fingerprint density at radius 3 is 2.65 bits per heavy atom. The number of hydrogen-bond donors (Lipinski definition) is 2. The van der Waals surface area contributed by atoms with Gasteiger partial charge >= 0.3 is 5.97 Å². The molecule has 4 rings (SSSR count). The molecular formula is C27H36N2O5. The number of amides is 1. The number of aromatic nitrogens is 1. The van der Waals surface area contributed by atoms with Gasteiger partial charge in [-0.15, -0.1) is 0 Å². The van der Waals surface area contributed by atoms with Crippen LogP contribution in [0.2, 0.25) is 0 Å². The summed E-state index contributed by atoms with van der Waals surface area (Å²) in [6.45, 7) is 2.84. The predicted molar refractivity (Wildman–Crippen MR) is 128 cm³/mol. The Kier molecular flexibility index (Phi) is 8.38. The highest BCUT2D eigenvalue weighted by Crippen LogP contribution is 2.49. The third kappa shape index (κ3) is 5.87. The van der Waals surface area contributed by atoms with E-state index in [1.165, 1.54) is 25.5 Å². The number of carboxylic acid groups (broad SMARTS) is 1. The van der Waals surface area contributed by atoms with Gasteiger partial charge in [-0.05, 0) is 43.2 Å². The van der Waals surface area contributed by atoms with Crippen LogP contribution in [0.1, 0.15) is 91.7 Å². The van der Waals surface area contributed by atoms with E-state index >= 15 is 0 Å². The molecule has 1 amide bonds. The van der Waals surface area contributed by atoms with Gasteiger partial charge in [0.2, 0.25) is 5.89 Å². The van der Waals surface area contributed by atoms with Crippen LogP contribution in [-0.4, -0.2) is 40.7 Å². The van der Waals surface area contributed by atoms with E-state index < -0.39 is 5.97 Å². The second-order valence-electron chi connectivity index (χ2n) is 9.59. The third-order valence-corrected chi connectivity index (χ3v) is 7.21. The molecule has 2 aromatic rings. The Bertz CT molecular complexity index is 971. The van der Waals surface area contributed by atoms with Crippen molar-refractivity contribution >= 4 is 11.9 Å². The van der Waals surface area contributed by atoms with Crippen molar-refractivity contribution < 1.29 is 23.8 Å². The number of carbonyl (C=O) groups excluding carboxylic acids is 1. The average molecular weight is 469 g/mol. The SMILES string of the molecule is CCCCCCCNC(=O)c1coc([C@H]2[C@@H](Cc3ccccc3CCC(=O)O)[C@@H]3CC[C@H]2O3)n1. The largest absolute Gasteiger partial charge is 0.481 e. The molecular weight excluding hydrogens is 432 g/mol. The Labute approximate surface area is 201 Å². The number of ether oxygens (including phenoxy) is 1. The molecule has 7 nitrogen and oxygen atoms in total. The zero-order valence-electron chi connectivity index (χ0n) is 20.0. The topological polar surface area (TPSA) is 102 Å². The molecule has 2 aliphatic rings. The number of unbranched alkanes of at least 4 members (excludes halogenated alkanes) is 4. The smallest absolute Gasteiger partial charge is 0.303 e. The fraction of sp³-hybridized carbons (Fsp3) is 0.593. The molecule has 1 aromatic heterocycles. The van der Waals surface area contributed by atoms with Crippen LogP contribution in [0.5, 0.6) is 0 Å². The van der Waals surface area contributed by atoms with Gasteiger partial charge in [-0.25, -0.2) is 4.98 Å². The zero-order valence-corrected chi connectivity index (χ0v) is 20.0. The van der Waals surface area contributed by atoms with E-state index in [0.717, 1.165) is 43.2 Å². The fourth-order valence-electron chi connectivity index (χ4n) is 5.44. The number of aliphatic carboxylic acids is 1. The average Bonchev–Trinajstić information content (AvgIpc) is 3.57. The van der Waals surface area contributed by atoms with Crippen molar-refractivity contribution in [1.29, 1.82) is 0 Å². The minimum Gasteiger partial charge on any atom is -0.481 e. The summed E-state index contributed by atoms with van der Waals surface area (Å²) in [5.74, 6) is -0.208. The standard InChI is InChI=1S/C27H36N2O5/c1-2-3-4-5-8-15-28-26(32)21-17-33-27(29-21)25-20(22-12-13-23(25)34-22)16-19-10-7-6-9-18(19)11-14-24(30)31/h6-7,9-10,17,20,22-23,25H,2-5,8,11-16H2,1H3,(H,28,32)(H,30,31)/t20-,22-,23+,25-/m0/s1. The van der Waals surface area contributed by atoms with Gasteiger partial charge < -0.3 is 19.6 Å². The number of fused-ring (bicyclic) bond motifs is 2. The highest BCUT2D eigenvalue weighted by molar-refractivity contribution is 5.91. The van der Waals surface area contributed by atoms with Crippen LogP contribution in [0.3, 0.4) is 0 Å². The summed E-state index contributed by atoms with van der Waals surface area (Å²) in [5.41, 5.74) is 2.55. The molecule has 3 heterocycles. The molecule has 0 saturated carbocycles. The van der Waals surface area contributed by atoms with Gasteiger partial charge in [0.1, 0.15) is 6.26 Å². The van der Waals surface area contributed by atoms with Gasteiger partial charge in [0.25, 0.3) is 5.91 Å². The summed E-state index contributed by atoms with van der Waals surface area (Å²) < 4.78 is 12.1. The quantitative estimate of drug-likeness (QED) is 0.406. The Morgan fingerprint density at radius 1 is 1.09 bits per heavy atom. The number of aryl methyl sites for hydroxylation is 1. The molecule has 2 bridgehead atoms. The van der Waals surface area contributed by atoms with Gasteiger partial charge in [-0.3, -0.25) is 9.59 Å². The molecule has 4 atom stereocenters. The van der Waals surface area contributed by atoms with Crippen molar-refractivity contribution in [2.75, 3.05) is 6.54 Å². The normalized spacial score (nSPS) is 23.3. The van der Waals surface area contributed by atoms with Crippen molar-refractivity contribution in [3.63, 3.8) is 0 Å². The number of nitrogens with zero attached hydrogens (tertiary/aromatic N) is 1. The summed E-state index contributed by atoms with van der Waals surface area (Å²) >= 11 is 0. The van der Waals surface area contributed by atoms with Crippen LogP contribution in [-0.2, 0) is 22.4 Å². The van der Waals surface area contributed by atoms with Crippen molar-refractivity contribution in [2.24, 2.45) is 5.92 Å². The summed E-state index contributed by atoms with van der Waals surface area (Å²) in [6.07, 6.45) is 10.8. The lowest BCUT2D eigenvalue weighted by atomic mass is 9.75. The number of benzene rings is 1. The van der Waals surface area contributed by atoms with E-state index in [0.29, 0.717) is 24.6 Å². The highest BCUT2D eigenvalue weighted by Gasteiger charge is 2.51. The molecule has 0 spiro atoms. The van der Waals surface area contributed by atoms with Gasteiger partial charge in [-0.2, -0.15) is 0 Å². The number of oxazole rings is 1. The number of rotatable bonds is 13. The molecule has 1 aromatic carbocycles. The lowest BCUT2D eigenvalue weighted by molar-refractivity contribution is -0.136. The Morgan fingerprint density at radius 2 is 1.85 bits per heavy atom. The van der Waals surface area contributed by atoms with E-state index in [2.05, 4.69) is 23.3 Å². The number of carboxylic acids is 1. The van der Waals surface area contributed by atoms with Crippen molar-refractivity contribution in [1.82, 2.24) is 10.3 Å². The van der Waals surface area contributed by atoms with Crippen LogP contribution in [0.4, 0.5) is 0 Å². The lowest BCUT2D eigenvalue weighted by Crippen LogP contribution is -2.28. The molecule has 2 fully saturated rings. The molecule has 7 heteroatoms. The predicted octanol–water partition coefficient (Wildman–Crippen LogP) is 4.90. The maximum atomic E-state index is 12.6. The molecule has 0 radical (unpaired) electrons. The summed E-state index contributed by atoms with van der Waals surface area (Å²) in [4.78, 5) is 28.2. The summed E-state index contributed by atoms with van der Waals surface area (Å²) in [6, 6.07) is 8.04. The maximum Gasteiger partial charge on any atom is 0.303 e. The molecule has 2 aliphatic heterocycles. The van der Waals surface area contributed by atoms with E-state index in [-0.39, 0.29) is 36.4 Å². The minimum atomic E-state index is -0.789. The van der Waals surface area contributed by atoms with E-state index in [1.54, 1.807) is 0 Å². The van der Waals surface area contributed by atoms with Crippen LogP contribution in [0, 0.1) is 5.92 Å². The molecule has 2 saturated heterocycles. The molecule has 0 aliphatic carbocycles. The number of carbonyl (C=O) groups is 2. The van der Waals surface area contributed by atoms with Crippen LogP contribution in [0.15, 0.2) is 34.9 Å². The van der Waals surface area contributed by atoms with Gasteiger partial charge in [0, 0.05) is 18.9 Å². The molecule has 34 heavy (non-hydrogen) atoms. The van der Waals surface area contributed by atoms with E-state index in [9.17, 15) is 9.59 Å². The molecule has 184 valence electrons. The summed E-state index contributed by atoms with van der Waals surface area (Å²) in [7, 11) is 0. The fourth-order valence-corrected chi connectivity index (χ4v) is 5.44. The van der Waals surface area contributed by atoms with Crippen LogP contribution >= 0.6 is 0 Å². The Balaban J connectivity index is 1.41. The van der Waals surface area contributed by atoms with Gasteiger partial charge in [-0.1, -0.05) is 56.9 Å². The van der Waals surface area contributed by atoms with Crippen molar-refractivity contribution in [3.05, 3.63) is 53.2 Å². The highest BCUT2D eigenvalue weighted by atomic mass is 16.5. The third-order valence-electron chi connectivity index (χ3n) is 7.21. The first kappa shape index (κ1) is 24.5. The van der Waals surface area contributed by atoms with E-state index in [4.69, 9.17) is 14.3 Å². The minimum absolute atomic E-state index is 0.00173. The number of hydrogen-bond acceptors (Lipinski definition) is 5.